The number of aromatic nitrogens is 3. The van der Waals surface area contributed by atoms with Gasteiger partial charge in [0.25, 0.3) is 5.56 Å². The Morgan fingerprint density at radius 3 is 2.26 bits per heavy atom. The van der Waals surface area contributed by atoms with E-state index in [0.717, 1.165) is 31.2 Å². The molecule has 1 saturated heterocycles. The van der Waals surface area contributed by atoms with Crippen LogP contribution in [0.3, 0.4) is 0 Å². The molecule has 2 aromatic carbocycles. The van der Waals surface area contributed by atoms with Crippen molar-refractivity contribution in [2.75, 3.05) is 11.4 Å². The maximum absolute atomic E-state index is 14.7. The Bertz CT molecular complexity index is 1960. The third-order valence-corrected chi connectivity index (χ3v) is 10.6. The zero-order chi connectivity index (χ0) is 32.7. The van der Waals surface area contributed by atoms with E-state index < -0.39 is 68.1 Å². The first kappa shape index (κ1) is 31.7. The van der Waals surface area contributed by atoms with Crippen molar-refractivity contribution >= 4 is 32.4 Å². The Kier molecular flexibility index (Phi) is 8.63. The number of pyridine rings is 1. The van der Waals surface area contributed by atoms with E-state index in [0.29, 0.717) is 21.3 Å². The lowest BCUT2D eigenvalue weighted by Crippen LogP contribution is -2.48. The highest BCUT2D eigenvalue weighted by molar-refractivity contribution is 7.89. The van der Waals surface area contributed by atoms with Crippen molar-refractivity contribution in [2.24, 2.45) is 0 Å². The Morgan fingerprint density at radius 2 is 1.59 bits per heavy atom. The summed E-state index contributed by atoms with van der Waals surface area (Å²) in [5.41, 5.74) is 1.28. The van der Waals surface area contributed by atoms with Crippen molar-refractivity contribution in [3.63, 3.8) is 0 Å². The second-order valence-electron chi connectivity index (χ2n) is 11.5. The number of nitrogens with one attached hydrogen (secondary N) is 1. The number of sulfonamides is 1. The van der Waals surface area contributed by atoms with Crippen LogP contribution in [-0.2, 0) is 21.4 Å². The van der Waals surface area contributed by atoms with Crippen molar-refractivity contribution < 1.29 is 35.2 Å². The molecule has 9 nitrogen and oxygen atoms in total. The van der Waals surface area contributed by atoms with Gasteiger partial charge in [-0.3, -0.25) is 14.6 Å². The molecule has 1 saturated carbocycles. The number of amides is 1. The van der Waals surface area contributed by atoms with E-state index >= 15 is 0 Å². The molecule has 242 valence electrons. The van der Waals surface area contributed by atoms with Crippen LogP contribution in [0.5, 0.6) is 0 Å². The maximum Gasteiger partial charge on any atom is 0.272 e. The van der Waals surface area contributed by atoms with Crippen molar-refractivity contribution in [3.05, 3.63) is 93.4 Å². The molecule has 1 aliphatic carbocycles. The van der Waals surface area contributed by atoms with Crippen LogP contribution in [0.4, 0.5) is 27.6 Å². The van der Waals surface area contributed by atoms with Gasteiger partial charge in [-0.05, 0) is 61.4 Å². The van der Waals surface area contributed by atoms with Crippen LogP contribution in [0, 0.1) is 29.1 Å². The van der Waals surface area contributed by atoms with Gasteiger partial charge in [0.2, 0.25) is 21.7 Å². The Labute approximate surface area is 260 Å². The number of aromatic amines is 1. The fraction of sp³-hybridized carbons (Fsp3) is 0.355. The molecule has 2 aromatic heterocycles. The molecule has 15 heteroatoms. The van der Waals surface area contributed by atoms with Crippen molar-refractivity contribution in [2.45, 2.75) is 68.3 Å². The Morgan fingerprint density at radius 1 is 0.891 bits per heavy atom. The minimum Gasteiger partial charge on any atom is -0.305 e. The van der Waals surface area contributed by atoms with Crippen LogP contribution in [0.25, 0.3) is 10.8 Å². The molecule has 4 aromatic rings. The first-order chi connectivity index (χ1) is 22.0. The molecule has 3 heterocycles. The maximum atomic E-state index is 14.7. The second-order valence-corrected chi connectivity index (χ2v) is 13.3. The topological polar surface area (TPSA) is 116 Å². The van der Waals surface area contributed by atoms with Gasteiger partial charge in [-0.2, -0.15) is 9.40 Å². The molecule has 1 aliphatic heterocycles. The third kappa shape index (κ3) is 5.66. The van der Waals surface area contributed by atoms with Gasteiger partial charge in [0.05, 0.1) is 23.8 Å². The molecule has 2 aliphatic rings. The lowest BCUT2D eigenvalue weighted by molar-refractivity contribution is -0.121. The second kappa shape index (κ2) is 12.5. The summed E-state index contributed by atoms with van der Waals surface area (Å²) in [5.74, 6) is -12.8. The minimum absolute atomic E-state index is 0.0736. The molecule has 0 bridgehead atoms. The van der Waals surface area contributed by atoms with E-state index in [1.54, 1.807) is 12.3 Å². The number of carbonyl (C=O) groups excluding carboxylic acids is 1. The molecule has 6 rings (SSSR count). The summed E-state index contributed by atoms with van der Waals surface area (Å²) < 4.78 is 98.5. The Hall–Kier alpha value is -4.24. The van der Waals surface area contributed by atoms with Crippen LogP contribution in [0.2, 0.25) is 0 Å². The van der Waals surface area contributed by atoms with Gasteiger partial charge >= 0.3 is 0 Å². The summed E-state index contributed by atoms with van der Waals surface area (Å²) in [4.78, 5) is 30.2. The average molecular weight is 662 g/mol. The number of anilines is 1. The summed E-state index contributed by atoms with van der Waals surface area (Å²) >= 11 is 0. The largest absolute Gasteiger partial charge is 0.305 e. The number of nitrogens with zero attached hydrogens (tertiary/aromatic N) is 4. The van der Waals surface area contributed by atoms with Gasteiger partial charge in [0.15, 0.2) is 28.2 Å². The van der Waals surface area contributed by atoms with Crippen LogP contribution in [0.1, 0.15) is 62.1 Å². The lowest BCUT2D eigenvalue weighted by atomic mass is 9.85. The van der Waals surface area contributed by atoms with Crippen molar-refractivity contribution in [1.29, 1.82) is 0 Å². The van der Waals surface area contributed by atoms with Crippen LogP contribution < -0.4 is 10.5 Å². The molecule has 1 N–H and O–H groups in total. The monoisotopic (exact) mass is 661 g/mol. The molecule has 2 fully saturated rings. The Balaban J connectivity index is 1.38. The van der Waals surface area contributed by atoms with E-state index in [2.05, 4.69) is 15.2 Å². The van der Waals surface area contributed by atoms with Crippen molar-refractivity contribution in [3.8, 4) is 0 Å². The summed E-state index contributed by atoms with van der Waals surface area (Å²) in [6, 6.07) is 6.58. The zero-order valence-electron chi connectivity index (χ0n) is 24.3. The predicted octanol–water partition coefficient (Wildman–Crippen LogP) is 5.45. The first-order valence-electron chi connectivity index (χ1n) is 14.8. The van der Waals surface area contributed by atoms with Crippen molar-refractivity contribution in [1.82, 2.24) is 19.5 Å². The number of halogens is 5. The fourth-order valence-electron chi connectivity index (χ4n) is 6.30. The molecule has 0 radical (unpaired) electrons. The number of hydrogen-bond acceptors (Lipinski definition) is 6. The standard InChI is InChI=1S/C31H28F5N5O4S/c32-24-25(33)27(35)29(28(36)26(24)34)46(44,45)41-12-4-7-23(41)31(43)40(21-10-11-22-19(13-21)15-38-39-30(22)42)16-20-9-8-18(14-37-20)17-5-2-1-3-6-17/h8-11,13-15,17,23H,1-7,12,16H2,(H,39,42)/t23-/m1/s1. The number of benzene rings is 2. The summed E-state index contributed by atoms with van der Waals surface area (Å²) in [6.45, 7) is -0.559. The number of hydrogen-bond donors (Lipinski definition) is 1. The highest BCUT2D eigenvalue weighted by Gasteiger charge is 2.45. The summed E-state index contributed by atoms with van der Waals surface area (Å²) in [5, 5.41) is 6.75. The van der Waals surface area contributed by atoms with E-state index in [-0.39, 0.29) is 30.5 Å². The van der Waals surface area contributed by atoms with E-state index in [1.807, 2.05) is 6.07 Å². The molecule has 1 atom stereocenters. The minimum atomic E-state index is -5.38. The van der Waals surface area contributed by atoms with Gasteiger partial charge in [-0.15, -0.1) is 0 Å². The molecule has 0 unspecified atom stereocenters. The lowest BCUT2D eigenvalue weighted by Gasteiger charge is -2.30. The SMILES string of the molecule is O=C([C@H]1CCCN1S(=O)(=O)c1c(F)c(F)c(F)c(F)c1F)N(Cc1ccc(C2CCCCC2)cn1)c1ccc2c(=O)[nH]ncc2c1. The van der Waals surface area contributed by atoms with E-state index in [4.69, 9.17) is 0 Å². The van der Waals surface area contributed by atoms with Gasteiger partial charge < -0.3 is 4.90 Å². The van der Waals surface area contributed by atoms with E-state index in [1.165, 1.54) is 35.7 Å². The van der Waals surface area contributed by atoms with E-state index in [9.17, 15) is 40.0 Å². The van der Waals surface area contributed by atoms with Gasteiger partial charge in [0.1, 0.15) is 6.04 Å². The predicted molar refractivity (Wildman–Crippen MR) is 157 cm³/mol. The van der Waals surface area contributed by atoms with Crippen LogP contribution in [0.15, 0.2) is 52.4 Å². The molecule has 1 amide bonds. The normalized spacial score (nSPS) is 17.9. The average Bonchev–Trinajstić information content (AvgIpc) is 3.57. The number of fused-ring (bicyclic) bond motifs is 1. The highest BCUT2D eigenvalue weighted by Crippen LogP contribution is 2.35. The number of H-pyrrole nitrogens is 1. The van der Waals surface area contributed by atoms with Gasteiger partial charge in [-0.25, -0.2) is 35.5 Å². The zero-order valence-corrected chi connectivity index (χ0v) is 25.1. The quantitative estimate of drug-likeness (QED) is 0.160. The molecular formula is C31H28F5N5O4S. The van der Waals surface area contributed by atoms with Gasteiger partial charge in [0, 0.05) is 23.8 Å². The van der Waals surface area contributed by atoms with Gasteiger partial charge in [-0.1, -0.05) is 25.3 Å². The van der Waals surface area contributed by atoms with Crippen LogP contribution >= 0.6 is 0 Å². The molecular weight excluding hydrogens is 633 g/mol. The summed E-state index contributed by atoms with van der Waals surface area (Å²) in [6.07, 6.45) is 8.63. The number of rotatable bonds is 7. The smallest absolute Gasteiger partial charge is 0.272 e. The third-order valence-electron chi connectivity index (χ3n) is 8.70. The van der Waals surface area contributed by atoms with Crippen LogP contribution in [-0.4, -0.2) is 46.4 Å². The summed E-state index contributed by atoms with van der Waals surface area (Å²) in [7, 11) is -5.38. The molecule has 0 spiro atoms. The fourth-order valence-corrected chi connectivity index (χ4v) is 8.07. The number of carbonyl (C=O) groups is 1. The highest BCUT2D eigenvalue weighted by atomic mass is 32.2. The first-order valence-corrected chi connectivity index (χ1v) is 16.2. The molecule has 46 heavy (non-hydrogen) atoms.